The molecule has 0 amide bonds. The highest BCUT2D eigenvalue weighted by Crippen LogP contribution is 2.21. The van der Waals surface area contributed by atoms with E-state index in [2.05, 4.69) is 11.5 Å². The van der Waals surface area contributed by atoms with Gasteiger partial charge in [0.2, 0.25) is 0 Å². The third-order valence-corrected chi connectivity index (χ3v) is 2.17. The second-order valence-corrected chi connectivity index (χ2v) is 3.12. The minimum Gasteiger partial charge on any atom is -0.496 e. The molecule has 0 aliphatic rings. The molecule has 3 nitrogen and oxygen atoms in total. The van der Waals surface area contributed by atoms with Crippen molar-refractivity contribution in [3.63, 3.8) is 0 Å². The molecule has 0 aliphatic carbocycles. The van der Waals surface area contributed by atoms with E-state index in [9.17, 15) is 0 Å². The predicted molar refractivity (Wildman–Crippen MR) is 53.5 cm³/mol. The van der Waals surface area contributed by atoms with Crippen LogP contribution in [0.3, 0.4) is 0 Å². The molecule has 3 heteroatoms. The Balaban J connectivity index is 2.95. The number of hydrazine groups is 1. The second-order valence-electron chi connectivity index (χ2n) is 3.12. The van der Waals surface area contributed by atoms with Gasteiger partial charge in [0.05, 0.1) is 7.11 Å². The van der Waals surface area contributed by atoms with Crippen molar-refractivity contribution < 1.29 is 4.74 Å². The summed E-state index contributed by atoms with van der Waals surface area (Å²) in [5, 5.41) is 0. The highest BCUT2D eigenvalue weighted by Gasteiger charge is 2.04. The molecule has 0 radical (unpaired) electrons. The van der Waals surface area contributed by atoms with Gasteiger partial charge in [0.1, 0.15) is 5.75 Å². The van der Waals surface area contributed by atoms with Crippen LogP contribution in [0.2, 0.25) is 0 Å². The van der Waals surface area contributed by atoms with Crippen molar-refractivity contribution in [2.24, 2.45) is 5.84 Å². The van der Waals surface area contributed by atoms with E-state index in [1.807, 2.05) is 26.0 Å². The third-order valence-electron chi connectivity index (χ3n) is 2.17. The van der Waals surface area contributed by atoms with E-state index in [1.165, 1.54) is 5.56 Å². The maximum atomic E-state index is 5.34. The van der Waals surface area contributed by atoms with Gasteiger partial charge in [-0.3, -0.25) is 11.3 Å². The Morgan fingerprint density at radius 2 is 2.15 bits per heavy atom. The van der Waals surface area contributed by atoms with E-state index >= 15 is 0 Å². The first-order valence-electron chi connectivity index (χ1n) is 4.29. The number of nitrogens with one attached hydrogen (secondary N) is 1. The monoisotopic (exact) mass is 180 g/mol. The fourth-order valence-electron chi connectivity index (χ4n) is 1.27. The molecular formula is C10H16N2O. The predicted octanol–water partition coefficient (Wildman–Crippen LogP) is 1.53. The maximum absolute atomic E-state index is 5.34. The first-order chi connectivity index (χ1) is 6.19. The molecule has 0 saturated heterocycles. The lowest BCUT2D eigenvalue weighted by Gasteiger charge is -2.12. The molecule has 13 heavy (non-hydrogen) atoms. The van der Waals surface area contributed by atoms with Crippen LogP contribution in [-0.2, 0) is 0 Å². The molecule has 0 aromatic heterocycles. The number of aryl methyl sites for hydroxylation is 1. The van der Waals surface area contributed by atoms with Crippen LogP contribution < -0.4 is 16.0 Å². The van der Waals surface area contributed by atoms with Crippen molar-refractivity contribution in [3.05, 3.63) is 29.3 Å². The third kappa shape index (κ3) is 2.20. The van der Waals surface area contributed by atoms with E-state index in [-0.39, 0.29) is 6.04 Å². The van der Waals surface area contributed by atoms with Gasteiger partial charge in [-0.1, -0.05) is 12.1 Å². The number of nitrogens with two attached hydrogens (primary N) is 1. The molecule has 0 aliphatic heterocycles. The molecular weight excluding hydrogens is 164 g/mol. The molecule has 0 unspecified atom stereocenters. The maximum Gasteiger partial charge on any atom is 0.121 e. The minimum atomic E-state index is 0.171. The fourth-order valence-corrected chi connectivity index (χ4v) is 1.27. The second kappa shape index (κ2) is 4.25. The molecule has 72 valence electrons. The van der Waals surface area contributed by atoms with Gasteiger partial charge in [-0.05, 0) is 31.0 Å². The van der Waals surface area contributed by atoms with Crippen LogP contribution in [0, 0.1) is 6.92 Å². The molecule has 0 fully saturated rings. The lowest BCUT2D eigenvalue weighted by Crippen LogP contribution is -2.25. The lowest BCUT2D eigenvalue weighted by atomic mass is 10.1. The zero-order valence-corrected chi connectivity index (χ0v) is 8.29. The Hall–Kier alpha value is -1.06. The molecule has 3 N–H and O–H groups in total. The fraction of sp³-hybridized carbons (Fsp3) is 0.400. The summed E-state index contributed by atoms with van der Waals surface area (Å²) >= 11 is 0. The normalized spacial score (nSPS) is 12.6. The zero-order chi connectivity index (χ0) is 9.84. The average Bonchev–Trinajstić information content (AvgIpc) is 2.16. The smallest absolute Gasteiger partial charge is 0.121 e. The largest absolute Gasteiger partial charge is 0.496 e. The number of rotatable bonds is 3. The van der Waals surface area contributed by atoms with Gasteiger partial charge in [0, 0.05) is 6.04 Å². The van der Waals surface area contributed by atoms with E-state index < -0.39 is 0 Å². The SMILES string of the molecule is COc1ccc([C@@H](C)NN)cc1C. The number of benzene rings is 1. The Morgan fingerprint density at radius 3 is 2.62 bits per heavy atom. The summed E-state index contributed by atoms with van der Waals surface area (Å²) in [6.07, 6.45) is 0. The van der Waals surface area contributed by atoms with Crippen LogP contribution in [0.4, 0.5) is 0 Å². The van der Waals surface area contributed by atoms with E-state index in [0.717, 1.165) is 11.3 Å². The van der Waals surface area contributed by atoms with Crippen molar-refractivity contribution in [1.82, 2.24) is 5.43 Å². The summed E-state index contributed by atoms with van der Waals surface area (Å²) in [5.74, 6) is 6.25. The van der Waals surface area contributed by atoms with Crippen molar-refractivity contribution in [1.29, 1.82) is 0 Å². The quantitative estimate of drug-likeness (QED) is 0.547. The number of hydrogen-bond donors (Lipinski definition) is 2. The minimum absolute atomic E-state index is 0.171. The van der Waals surface area contributed by atoms with Crippen LogP contribution in [0.25, 0.3) is 0 Å². The Labute approximate surface area is 78.9 Å². The molecule has 1 atom stereocenters. The van der Waals surface area contributed by atoms with Crippen molar-refractivity contribution in [2.45, 2.75) is 19.9 Å². The summed E-state index contributed by atoms with van der Waals surface area (Å²) in [7, 11) is 1.67. The highest BCUT2D eigenvalue weighted by atomic mass is 16.5. The lowest BCUT2D eigenvalue weighted by molar-refractivity contribution is 0.411. The van der Waals surface area contributed by atoms with Gasteiger partial charge in [-0.2, -0.15) is 0 Å². The summed E-state index contributed by atoms with van der Waals surface area (Å²) in [5.41, 5.74) is 5.00. The van der Waals surface area contributed by atoms with Gasteiger partial charge in [-0.15, -0.1) is 0 Å². The number of hydrogen-bond acceptors (Lipinski definition) is 3. The number of methoxy groups -OCH3 is 1. The average molecular weight is 180 g/mol. The molecule has 0 saturated carbocycles. The molecule has 0 spiro atoms. The summed E-state index contributed by atoms with van der Waals surface area (Å²) in [4.78, 5) is 0. The Bertz CT molecular complexity index is 286. The van der Waals surface area contributed by atoms with Gasteiger partial charge in [0.15, 0.2) is 0 Å². The van der Waals surface area contributed by atoms with Crippen LogP contribution in [-0.4, -0.2) is 7.11 Å². The molecule has 0 bridgehead atoms. The van der Waals surface area contributed by atoms with E-state index in [4.69, 9.17) is 10.6 Å². The van der Waals surface area contributed by atoms with Crippen LogP contribution >= 0.6 is 0 Å². The van der Waals surface area contributed by atoms with Crippen LogP contribution in [0.1, 0.15) is 24.1 Å². The van der Waals surface area contributed by atoms with Crippen LogP contribution in [0.15, 0.2) is 18.2 Å². The summed E-state index contributed by atoms with van der Waals surface area (Å²) < 4.78 is 5.16. The van der Waals surface area contributed by atoms with E-state index in [1.54, 1.807) is 7.11 Å². The topological polar surface area (TPSA) is 47.3 Å². The van der Waals surface area contributed by atoms with E-state index in [0.29, 0.717) is 0 Å². The van der Waals surface area contributed by atoms with Crippen molar-refractivity contribution in [3.8, 4) is 5.75 Å². The Morgan fingerprint density at radius 1 is 1.46 bits per heavy atom. The molecule has 0 heterocycles. The standard InChI is InChI=1S/C10H16N2O/c1-7-6-9(8(2)12-11)4-5-10(7)13-3/h4-6,8,12H,11H2,1-3H3/t8-/m1/s1. The molecule has 1 aromatic carbocycles. The van der Waals surface area contributed by atoms with Gasteiger partial charge in [-0.25, -0.2) is 0 Å². The van der Waals surface area contributed by atoms with Crippen molar-refractivity contribution in [2.75, 3.05) is 7.11 Å². The number of ether oxygens (including phenoxy) is 1. The van der Waals surface area contributed by atoms with Crippen molar-refractivity contribution >= 4 is 0 Å². The highest BCUT2D eigenvalue weighted by molar-refractivity contribution is 5.37. The zero-order valence-electron chi connectivity index (χ0n) is 8.29. The van der Waals surface area contributed by atoms with Gasteiger partial charge < -0.3 is 4.74 Å². The first kappa shape index (κ1) is 10.0. The summed E-state index contributed by atoms with van der Waals surface area (Å²) in [6, 6.07) is 6.21. The van der Waals surface area contributed by atoms with Gasteiger partial charge >= 0.3 is 0 Å². The van der Waals surface area contributed by atoms with Crippen LogP contribution in [0.5, 0.6) is 5.75 Å². The first-order valence-corrected chi connectivity index (χ1v) is 4.29. The molecule has 1 rings (SSSR count). The Kier molecular flexibility index (Phi) is 3.28. The summed E-state index contributed by atoms with van der Waals surface area (Å²) in [6.45, 7) is 4.03. The van der Waals surface area contributed by atoms with Gasteiger partial charge in [0.25, 0.3) is 0 Å². The molecule has 1 aromatic rings.